The largest absolute Gasteiger partial charge is 0.493 e. The number of Topliss-reactive ketones (excluding diaryl/α,β-unsaturated/α-hetero) is 1. The van der Waals surface area contributed by atoms with Crippen LogP contribution < -0.4 is 9.47 Å². The average Bonchev–Trinajstić information content (AvgIpc) is 2.36. The van der Waals surface area contributed by atoms with Gasteiger partial charge in [-0.25, -0.2) is 0 Å². The molecular formula is C14H20O3. The SMILES string of the molecule is CCC(C)(C)C(=O)c1ccc(OC)c(OC)c1. The molecule has 94 valence electrons. The van der Waals surface area contributed by atoms with E-state index in [2.05, 4.69) is 0 Å². The van der Waals surface area contributed by atoms with E-state index in [0.29, 0.717) is 17.1 Å². The maximum atomic E-state index is 12.3. The molecule has 3 nitrogen and oxygen atoms in total. The molecule has 0 fully saturated rings. The zero-order valence-corrected chi connectivity index (χ0v) is 11.2. The maximum Gasteiger partial charge on any atom is 0.168 e. The van der Waals surface area contributed by atoms with Crippen LogP contribution in [0.15, 0.2) is 18.2 Å². The van der Waals surface area contributed by atoms with E-state index < -0.39 is 0 Å². The normalized spacial score (nSPS) is 11.1. The van der Waals surface area contributed by atoms with Gasteiger partial charge in [0.15, 0.2) is 17.3 Å². The smallest absolute Gasteiger partial charge is 0.168 e. The Kier molecular flexibility index (Phi) is 4.16. The topological polar surface area (TPSA) is 35.5 Å². The second kappa shape index (κ2) is 5.21. The number of ether oxygens (including phenoxy) is 2. The van der Waals surface area contributed by atoms with Crippen LogP contribution >= 0.6 is 0 Å². The highest BCUT2D eigenvalue weighted by Crippen LogP contribution is 2.31. The Balaban J connectivity index is 3.12. The lowest BCUT2D eigenvalue weighted by molar-refractivity contribution is 0.0832. The van der Waals surface area contributed by atoms with Gasteiger partial charge in [0.2, 0.25) is 0 Å². The van der Waals surface area contributed by atoms with Gasteiger partial charge in [0.25, 0.3) is 0 Å². The first-order chi connectivity index (χ1) is 7.96. The van der Waals surface area contributed by atoms with Crippen molar-refractivity contribution < 1.29 is 14.3 Å². The summed E-state index contributed by atoms with van der Waals surface area (Å²) in [6.07, 6.45) is 0.806. The fraction of sp³-hybridized carbons (Fsp3) is 0.500. The third-order valence-electron chi connectivity index (χ3n) is 3.14. The van der Waals surface area contributed by atoms with Crippen molar-refractivity contribution in [2.45, 2.75) is 27.2 Å². The number of carbonyl (C=O) groups is 1. The van der Waals surface area contributed by atoms with Crippen molar-refractivity contribution >= 4 is 5.78 Å². The first kappa shape index (κ1) is 13.6. The van der Waals surface area contributed by atoms with Crippen molar-refractivity contribution in [2.24, 2.45) is 5.41 Å². The molecule has 0 unspecified atom stereocenters. The van der Waals surface area contributed by atoms with Gasteiger partial charge in [0.1, 0.15) is 0 Å². The molecule has 0 aromatic heterocycles. The summed E-state index contributed by atoms with van der Waals surface area (Å²) in [5.41, 5.74) is 0.314. The summed E-state index contributed by atoms with van der Waals surface area (Å²) in [6, 6.07) is 5.28. The van der Waals surface area contributed by atoms with Gasteiger partial charge in [-0.05, 0) is 24.6 Å². The summed E-state index contributed by atoms with van der Waals surface area (Å²) >= 11 is 0. The summed E-state index contributed by atoms with van der Waals surface area (Å²) < 4.78 is 10.3. The van der Waals surface area contributed by atoms with E-state index in [1.165, 1.54) is 0 Å². The molecule has 0 radical (unpaired) electrons. The molecule has 1 rings (SSSR count). The van der Waals surface area contributed by atoms with E-state index in [9.17, 15) is 4.79 Å². The fourth-order valence-electron chi connectivity index (χ4n) is 1.53. The van der Waals surface area contributed by atoms with Crippen LogP contribution in [-0.4, -0.2) is 20.0 Å². The molecule has 0 aliphatic rings. The standard InChI is InChI=1S/C14H20O3/c1-6-14(2,3)13(15)10-7-8-11(16-4)12(9-10)17-5/h7-9H,6H2,1-5H3. The van der Waals surface area contributed by atoms with Gasteiger partial charge in [-0.1, -0.05) is 20.8 Å². The van der Waals surface area contributed by atoms with E-state index in [1.807, 2.05) is 20.8 Å². The molecule has 0 amide bonds. The molecule has 0 saturated heterocycles. The Morgan fingerprint density at radius 1 is 1.18 bits per heavy atom. The number of hydrogen-bond acceptors (Lipinski definition) is 3. The van der Waals surface area contributed by atoms with Crippen LogP contribution in [0.25, 0.3) is 0 Å². The van der Waals surface area contributed by atoms with Crippen LogP contribution in [0, 0.1) is 5.41 Å². The minimum Gasteiger partial charge on any atom is -0.493 e. The molecule has 3 heteroatoms. The predicted octanol–water partition coefficient (Wildman–Crippen LogP) is 3.32. The molecule has 1 aromatic carbocycles. The number of hydrogen-bond donors (Lipinski definition) is 0. The van der Waals surface area contributed by atoms with Crippen molar-refractivity contribution in [3.8, 4) is 11.5 Å². The van der Waals surface area contributed by atoms with Gasteiger partial charge in [-0.15, -0.1) is 0 Å². The van der Waals surface area contributed by atoms with Crippen molar-refractivity contribution in [3.05, 3.63) is 23.8 Å². The first-order valence-corrected chi connectivity index (χ1v) is 5.73. The Labute approximate surface area is 103 Å². The summed E-state index contributed by atoms with van der Waals surface area (Å²) in [4.78, 5) is 12.3. The monoisotopic (exact) mass is 236 g/mol. The van der Waals surface area contributed by atoms with Crippen LogP contribution in [0.3, 0.4) is 0 Å². The lowest BCUT2D eigenvalue weighted by Gasteiger charge is -2.21. The van der Waals surface area contributed by atoms with E-state index in [-0.39, 0.29) is 11.2 Å². The van der Waals surface area contributed by atoms with Gasteiger partial charge in [-0.3, -0.25) is 4.79 Å². The highest BCUT2D eigenvalue weighted by molar-refractivity contribution is 6.00. The van der Waals surface area contributed by atoms with Gasteiger partial charge < -0.3 is 9.47 Å². The van der Waals surface area contributed by atoms with Crippen molar-refractivity contribution in [3.63, 3.8) is 0 Å². The van der Waals surface area contributed by atoms with Gasteiger partial charge in [-0.2, -0.15) is 0 Å². The molecule has 0 aliphatic carbocycles. The minimum absolute atomic E-state index is 0.126. The number of rotatable bonds is 5. The molecule has 0 heterocycles. The molecule has 0 spiro atoms. The molecule has 0 N–H and O–H groups in total. The van der Waals surface area contributed by atoms with Crippen LogP contribution in [-0.2, 0) is 0 Å². The second-order valence-corrected chi connectivity index (χ2v) is 4.64. The number of methoxy groups -OCH3 is 2. The van der Waals surface area contributed by atoms with E-state index >= 15 is 0 Å². The molecule has 0 saturated carbocycles. The lowest BCUT2D eigenvalue weighted by Crippen LogP contribution is -2.23. The Bertz CT molecular complexity index is 408. The summed E-state index contributed by atoms with van der Waals surface area (Å²) in [5, 5.41) is 0. The molecule has 0 bridgehead atoms. The quantitative estimate of drug-likeness (QED) is 0.736. The lowest BCUT2D eigenvalue weighted by atomic mass is 9.82. The zero-order valence-electron chi connectivity index (χ0n) is 11.2. The number of ketones is 1. The molecular weight excluding hydrogens is 216 g/mol. The molecule has 0 aliphatic heterocycles. The van der Waals surface area contributed by atoms with Gasteiger partial charge in [0.05, 0.1) is 14.2 Å². The molecule has 1 aromatic rings. The summed E-state index contributed by atoms with van der Waals surface area (Å²) in [6.45, 7) is 5.91. The van der Waals surface area contributed by atoms with Crippen molar-refractivity contribution in [1.82, 2.24) is 0 Å². The molecule has 17 heavy (non-hydrogen) atoms. The highest BCUT2D eigenvalue weighted by Gasteiger charge is 2.27. The van der Waals surface area contributed by atoms with Gasteiger partial charge >= 0.3 is 0 Å². The summed E-state index contributed by atoms with van der Waals surface area (Å²) in [7, 11) is 3.15. The molecule has 0 atom stereocenters. The average molecular weight is 236 g/mol. The van der Waals surface area contributed by atoms with E-state index in [4.69, 9.17) is 9.47 Å². The van der Waals surface area contributed by atoms with Crippen LogP contribution in [0.2, 0.25) is 0 Å². The summed E-state index contributed by atoms with van der Waals surface area (Å²) in [5.74, 6) is 1.35. The van der Waals surface area contributed by atoms with Gasteiger partial charge in [0, 0.05) is 11.0 Å². The Morgan fingerprint density at radius 3 is 2.24 bits per heavy atom. The second-order valence-electron chi connectivity index (χ2n) is 4.64. The Morgan fingerprint density at radius 2 is 1.76 bits per heavy atom. The van der Waals surface area contributed by atoms with E-state index in [0.717, 1.165) is 6.42 Å². The van der Waals surface area contributed by atoms with Crippen molar-refractivity contribution in [2.75, 3.05) is 14.2 Å². The minimum atomic E-state index is -0.348. The van der Waals surface area contributed by atoms with Crippen molar-refractivity contribution in [1.29, 1.82) is 0 Å². The van der Waals surface area contributed by atoms with E-state index in [1.54, 1.807) is 32.4 Å². The third-order valence-corrected chi connectivity index (χ3v) is 3.14. The van der Waals surface area contributed by atoms with Crippen LogP contribution in [0.5, 0.6) is 11.5 Å². The number of benzene rings is 1. The maximum absolute atomic E-state index is 12.3. The Hall–Kier alpha value is -1.51. The van der Waals surface area contributed by atoms with Crippen LogP contribution in [0.1, 0.15) is 37.6 Å². The highest BCUT2D eigenvalue weighted by atomic mass is 16.5. The third kappa shape index (κ3) is 2.78. The fourth-order valence-corrected chi connectivity index (χ4v) is 1.53. The first-order valence-electron chi connectivity index (χ1n) is 5.73. The zero-order chi connectivity index (χ0) is 13.1. The van der Waals surface area contributed by atoms with Crippen LogP contribution in [0.4, 0.5) is 0 Å². The predicted molar refractivity (Wildman–Crippen MR) is 67.9 cm³/mol. The number of carbonyl (C=O) groups excluding carboxylic acids is 1.